The van der Waals surface area contributed by atoms with Crippen molar-refractivity contribution in [2.45, 2.75) is 19.9 Å². The number of likely N-dealkylation sites (N-methyl/N-ethyl adjacent to an activating group) is 1. The second-order valence-electron chi connectivity index (χ2n) is 3.72. The number of esters is 1. The highest BCUT2D eigenvalue weighted by molar-refractivity contribution is 5.76. The van der Waals surface area contributed by atoms with Gasteiger partial charge in [0.15, 0.2) is 17.4 Å². The number of rotatable bonds is 7. The highest BCUT2D eigenvalue weighted by atomic mass is 19.1. The second-order valence-corrected chi connectivity index (χ2v) is 3.72. The van der Waals surface area contributed by atoms with Crippen LogP contribution in [0.4, 0.5) is 8.78 Å². The maximum Gasteiger partial charge on any atom is 0.326 e. The van der Waals surface area contributed by atoms with Crippen molar-refractivity contribution in [2.75, 3.05) is 19.8 Å². The van der Waals surface area contributed by atoms with Gasteiger partial charge in [0.05, 0.1) is 6.61 Å². The highest BCUT2D eigenvalue weighted by Crippen LogP contribution is 2.20. The number of ether oxygens (including phenoxy) is 2. The van der Waals surface area contributed by atoms with E-state index in [9.17, 15) is 13.6 Å². The molecule has 1 rings (SSSR count). The third-order valence-corrected chi connectivity index (χ3v) is 2.33. The molecule has 0 aromatic heterocycles. The molecule has 0 amide bonds. The first-order valence-electron chi connectivity index (χ1n) is 6.07. The van der Waals surface area contributed by atoms with E-state index in [1.165, 1.54) is 6.07 Å². The zero-order valence-corrected chi connectivity index (χ0v) is 10.9. The lowest BCUT2D eigenvalue weighted by molar-refractivity contribution is -0.146. The summed E-state index contributed by atoms with van der Waals surface area (Å²) in [7, 11) is 0. The van der Waals surface area contributed by atoms with Crippen molar-refractivity contribution >= 4 is 5.97 Å². The van der Waals surface area contributed by atoms with Crippen molar-refractivity contribution in [3.05, 3.63) is 29.8 Å². The molecule has 0 radical (unpaired) electrons. The molecule has 0 bridgehead atoms. The number of carbonyl (C=O) groups is 1. The number of nitrogens with one attached hydrogen (secondary N) is 1. The van der Waals surface area contributed by atoms with Gasteiger partial charge < -0.3 is 14.8 Å². The van der Waals surface area contributed by atoms with E-state index in [0.29, 0.717) is 6.54 Å². The SMILES string of the molecule is CCNC(COc1c(F)cccc1F)C(=O)OCC. The van der Waals surface area contributed by atoms with E-state index < -0.39 is 29.4 Å². The molecule has 4 nitrogen and oxygen atoms in total. The molecule has 1 aromatic rings. The van der Waals surface area contributed by atoms with E-state index >= 15 is 0 Å². The molecule has 19 heavy (non-hydrogen) atoms. The molecule has 0 saturated carbocycles. The molecule has 1 unspecified atom stereocenters. The molecule has 0 heterocycles. The topological polar surface area (TPSA) is 47.6 Å². The van der Waals surface area contributed by atoms with E-state index in [1.54, 1.807) is 13.8 Å². The monoisotopic (exact) mass is 273 g/mol. The number of halogens is 2. The minimum absolute atomic E-state index is 0.204. The van der Waals surface area contributed by atoms with E-state index in [4.69, 9.17) is 9.47 Å². The number of benzene rings is 1. The minimum Gasteiger partial charge on any atom is -0.485 e. The zero-order valence-electron chi connectivity index (χ0n) is 10.9. The average Bonchev–Trinajstić information content (AvgIpc) is 2.37. The maximum atomic E-state index is 13.3. The molecule has 1 N–H and O–H groups in total. The Morgan fingerprint density at radius 3 is 2.47 bits per heavy atom. The predicted octanol–water partition coefficient (Wildman–Crippen LogP) is 1.88. The maximum absolute atomic E-state index is 13.3. The van der Waals surface area contributed by atoms with Gasteiger partial charge in [-0.25, -0.2) is 8.78 Å². The Hall–Kier alpha value is -1.69. The summed E-state index contributed by atoms with van der Waals surface area (Å²) >= 11 is 0. The van der Waals surface area contributed by atoms with Crippen LogP contribution in [0.3, 0.4) is 0 Å². The van der Waals surface area contributed by atoms with Crippen LogP contribution in [0.5, 0.6) is 5.75 Å². The molecule has 106 valence electrons. The van der Waals surface area contributed by atoms with Gasteiger partial charge in [-0.1, -0.05) is 13.0 Å². The molecule has 0 aliphatic carbocycles. The van der Waals surface area contributed by atoms with Gasteiger partial charge in [-0.2, -0.15) is 0 Å². The van der Waals surface area contributed by atoms with Crippen LogP contribution in [-0.2, 0) is 9.53 Å². The number of para-hydroxylation sites is 1. The Morgan fingerprint density at radius 2 is 1.95 bits per heavy atom. The largest absolute Gasteiger partial charge is 0.485 e. The summed E-state index contributed by atoms with van der Waals surface area (Å²) in [6, 6.07) is 2.66. The standard InChI is InChI=1S/C13H17F2NO3/c1-3-16-11(13(17)18-4-2)8-19-12-9(14)6-5-7-10(12)15/h5-7,11,16H,3-4,8H2,1-2H3. The van der Waals surface area contributed by atoms with Gasteiger partial charge in [0.25, 0.3) is 0 Å². The fourth-order valence-electron chi connectivity index (χ4n) is 1.49. The fraction of sp³-hybridized carbons (Fsp3) is 0.462. The summed E-state index contributed by atoms with van der Waals surface area (Å²) in [4.78, 5) is 11.6. The Bertz CT molecular complexity index is 406. The van der Waals surface area contributed by atoms with E-state index in [0.717, 1.165) is 12.1 Å². The van der Waals surface area contributed by atoms with Crippen LogP contribution < -0.4 is 10.1 Å². The molecule has 1 aromatic carbocycles. The quantitative estimate of drug-likeness (QED) is 0.771. The Labute approximate surface area is 110 Å². The summed E-state index contributed by atoms with van der Waals surface area (Å²) < 4.78 is 36.5. The minimum atomic E-state index is -0.806. The van der Waals surface area contributed by atoms with Crippen molar-refractivity contribution in [1.82, 2.24) is 5.32 Å². The lowest BCUT2D eigenvalue weighted by Crippen LogP contribution is -2.42. The lowest BCUT2D eigenvalue weighted by atomic mass is 10.3. The van der Waals surface area contributed by atoms with Gasteiger partial charge in [-0.15, -0.1) is 0 Å². The summed E-state index contributed by atoms with van der Waals surface area (Å²) in [6.45, 7) is 4.01. The first kappa shape index (κ1) is 15.4. The molecule has 6 heteroatoms. The second kappa shape index (κ2) is 7.68. The van der Waals surface area contributed by atoms with E-state index in [-0.39, 0.29) is 13.2 Å². The van der Waals surface area contributed by atoms with Crippen LogP contribution in [0.25, 0.3) is 0 Å². The average molecular weight is 273 g/mol. The van der Waals surface area contributed by atoms with Gasteiger partial charge in [0.1, 0.15) is 12.6 Å². The molecule has 0 fully saturated rings. The van der Waals surface area contributed by atoms with Crippen LogP contribution in [0.1, 0.15) is 13.8 Å². The van der Waals surface area contributed by atoms with Gasteiger partial charge in [0.2, 0.25) is 0 Å². The first-order valence-corrected chi connectivity index (χ1v) is 6.07. The van der Waals surface area contributed by atoms with Crippen molar-refractivity contribution in [2.24, 2.45) is 0 Å². The molecular formula is C13H17F2NO3. The zero-order chi connectivity index (χ0) is 14.3. The third-order valence-electron chi connectivity index (χ3n) is 2.33. The molecule has 0 aliphatic heterocycles. The molecule has 1 atom stereocenters. The molecular weight excluding hydrogens is 256 g/mol. The van der Waals surface area contributed by atoms with Gasteiger partial charge >= 0.3 is 5.97 Å². The highest BCUT2D eigenvalue weighted by Gasteiger charge is 2.21. The summed E-state index contributed by atoms with van der Waals surface area (Å²) in [5.74, 6) is -2.62. The van der Waals surface area contributed by atoms with Crippen molar-refractivity contribution in [3.63, 3.8) is 0 Å². The van der Waals surface area contributed by atoms with Crippen molar-refractivity contribution in [3.8, 4) is 5.75 Å². The Morgan fingerprint density at radius 1 is 1.32 bits per heavy atom. The van der Waals surface area contributed by atoms with Crippen molar-refractivity contribution < 1.29 is 23.0 Å². The normalized spacial score (nSPS) is 12.0. The third kappa shape index (κ3) is 4.48. The first-order chi connectivity index (χ1) is 9.10. The van der Waals surface area contributed by atoms with Crippen LogP contribution >= 0.6 is 0 Å². The van der Waals surface area contributed by atoms with E-state index in [2.05, 4.69) is 5.32 Å². The van der Waals surface area contributed by atoms with Crippen LogP contribution in [0.2, 0.25) is 0 Å². The van der Waals surface area contributed by atoms with Crippen LogP contribution in [0, 0.1) is 11.6 Å². The number of hydrogen-bond donors (Lipinski definition) is 1. The molecule has 0 spiro atoms. The summed E-state index contributed by atoms with van der Waals surface area (Å²) in [6.07, 6.45) is 0. The number of hydrogen-bond acceptors (Lipinski definition) is 4. The summed E-state index contributed by atoms with van der Waals surface area (Å²) in [5, 5.41) is 2.83. The predicted molar refractivity (Wildman–Crippen MR) is 66.0 cm³/mol. The number of carbonyl (C=O) groups excluding carboxylic acids is 1. The molecule has 0 aliphatic rings. The van der Waals surface area contributed by atoms with Crippen molar-refractivity contribution in [1.29, 1.82) is 0 Å². The van der Waals surface area contributed by atoms with Gasteiger partial charge in [0, 0.05) is 0 Å². The van der Waals surface area contributed by atoms with Crippen LogP contribution in [-0.4, -0.2) is 31.8 Å². The Kier molecular flexibility index (Phi) is 6.21. The Balaban J connectivity index is 2.68. The lowest BCUT2D eigenvalue weighted by Gasteiger charge is -2.17. The van der Waals surface area contributed by atoms with E-state index in [1.807, 2.05) is 0 Å². The van der Waals surface area contributed by atoms with Gasteiger partial charge in [-0.05, 0) is 25.6 Å². The smallest absolute Gasteiger partial charge is 0.326 e. The van der Waals surface area contributed by atoms with Crippen LogP contribution in [0.15, 0.2) is 18.2 Å². The van der Waals surface area contributed by atoms with Gasteiger partial charge in [-0.3, -0.25) is 4.79 Å². The molecule has 0 saturated heterocycles. The summed E-state index contributed by atoms with van der Waals surface area (Å²) in [5.41, 5.74) is 0. The fourth-order valence-corrected chi connectivity index (χ4v) is 1.49.